The molecular weight excluding hydrogens is 384 g/mol. The quantitative estimate of drug-likeness (QED) is 0.615. The second-order valence-electron chi connectivity index (χ2n) is 7.72. The number of thiophene rings is 1. The van der Waals surface area contributed by atoms with Crippen LogP contribution >= 0.6 is 11.3 Å². The van der Waals surface area contributed by atoms with Gasteiger partial charge in [-0.15, -0.1) is 11.3 Å². The molecular formula is C22H26N4O2S. The monoisotopic (exact) mass is 410 g/mol. The summed E-state index contributed by atoms with van der Waals surface area (Å²) in [5.74, 6) is 0.580. The van der Waals surface area contributed by atoms with Crippen molar-refractivity contribution in [3.63, 3.8) is 0 Å². The zero-order valence-electron chi connectivity index (χ0n) is 16.4. The third-order valence-electron chi connectivity index (χ3n) is 5.87. The minimum atomic E-state index is -0.297. The summed E-state index contributed by atoms with van der Waals surface area (Å²) in [7, 11) is 0. The molecule has 1 aliphatic carbocycles. The summed E-state index contributed by atoms with van der Waals surface area (Å²) in [4.78, 5) is 23.8. The zero-order valence-corrected chi connectivity index (χ0v) is 17.2. The second kappa shape index (κ2) is 8.88. The smallest absolute Gasteiger partial charge is 0.272 e. The number of primary amides is 1. The first-order valence-corrected chi connectivity index (χ1v) is 11.1. The third-order valence-corrected chi connectivity index (χ3v) is 6.90. The summed E-state index contributed by atoms with van der Waals surface area (Å²) < 4.78 is 0. The van der Waals surface area contributed by atoms with Gasteiger partial charge in [-0.1, -0.05) is 37.5 Å². The molecule has 0 spiro atoms. The van der Waals surface area contributed by atoms with E-state index in [0.29, 0.717) is 0 Å². The van der Waals surface area contributed by atoms with Gasteiger partial charge in [0.2, 0.25) is 5.91 Å². The highest BCUT2D eigenvalue weighted by Gasteiger charge is 2.18. The Balaban J connectivity index is 0.000000150. The van der Waals surface area contributed by atoms with Crippen LogP contribution in [0.15, 0.2) is 34.4 Å². The summed E-state index contributed by atoms with van der Waals surface area (Å²) >= 11 is 1.62. The number of hydrogen-bond acceptors (Lipinski definition) is 5. The maximum absolute atomic E-state index is 11.6. The summed E-state index contributed by atoms with van der Waals surface area (Å²) in [6, 6.07) is 7.72. The molecule has 1 aromatic carbocycles. The number of aromatic amines is 1. The van der Waals surface area contributed by atoms with Crippen LogP contribution in [0.5, 0.6) is 0 Å². The van der Waals surface area contributed by atoms with Crippen molar-refractivity contribution in [3.8, 4) is 0 Å². The van der Waals surface area contributed by atoms with Gasteiger partial charge < -0.3 is 11.1 Å². The highest BCUT2D eigenvalue weighted by molar-refractivity contribution is 7.10. The Morgan fingerprint density at radius 1 is 1.24 bits per heavy atom. The lowest BCUT2D eigenvalue weighted by Crippen LogP contribution is -2.24. The van der Waals surface area contributed by atoms with Crippen LogP contribution < -0.4 is 16.6 Å². The Labute approximate surface area is 173 Å². The maximum Gasteiger partial charge on any atom is 0.272 e. The summed E-state index contributed by atoms with van der Waals surface area (Å²) in [6.45, 7) is 1.83. The van der Waals surface area contributed by atoms with E-state index in [1.54, 1.807) is 11.3 Å². The largest absolute Gasteiger partial charge is 0.366 e. The van der Waals surface area contributed by atoms with E-state index in [2.05, 4.69) is 15.5 Å². The number of nitrogens with zero attached hydrogens (tertiary/aromatic N) is 1. The molecule has 1 amide bonds. The maximum atomic E-state index is 11.6. The average Bonchev–Trinajstić information content (AvgIpc) is 3.14. The van der Waals surface area contributed by atoms with E-state index >= 15 is 0 Å². The number of amides is 1. The topological polar surface area (TPSA) is 101 Å². The van der Waals surface area contributed by atoms with Gasteiger partial charge in [0.25, 0.3) is 5.56 Å². The molecule has 0 bridgehead atoms. The Morgan fingerprint density at radius 2 is 2.03 bits per heavy atom. The lowest BCUT2D eigenvalue weighted by atomic mass is 9.81. The Kier molecular flexibility index (Phi) is 6.06. The number of aromatic nitrogens is 2. The normalized spacial score (nSPS) is 15.9. The number of hydrogen-bond donors (Lipinski definition) is 3. The minimum Gasteiger partial charge on any atom is -0.366 e. The van der Waals surface area contributed by atoms with Crippen LogP contribution in [0.3, 0.4) is 0 Å². The van der Waals surface area contributed by atoms with Crippen LogP contribution in [-0.4, -0.2) is 22.6 Å². The molecule has 0 radical (unpaired) electrons. The molecule has 152 valence electrons. The van der Waals surface area contributed by atoms with E-state index in [0.717, 1.165) is 59.4 Å². The summed E-state index contributed by atoms with van der Waals surface area (Å²) in [5, 5.41) is 13.7. The van der Waals surface area contributed by atoms with Gasteiger partial charge in [0, 0.05) is 22.2 Å². The third kappa shape index (κ3) is 4.41. The lowest BCUT2D eigenvalue weighted by Gasteiger charge is -2.24. The van der Waals surface area contributed by atoms with Crippen molar-refractivity contribution in [2.75, 3.05) is 6.54 Å². The standard InChI is InChI=1S/C14H16N2O.C8H10N2OS/c17-14-12-7-2-1-6-11(12)13(15-16-14)9-8-10-4-3-5-10;9-8(11)6-4-12-7-3-10-2-1-5(6)7/h1-2,6-7,10H,3-5,8-9H2,(H,16,17);4,10H,1-3H2,(H2,9,11). The van der Waals surface area contributed by atoms with E-state index in [1.165, 1.54) is 30.6 Å². The summed E-state index contributed by atoms with van der Waals surface area (Å²) in [5.41, 5.74) is 8.05. The van der Waals surface area contributed by atoms with Crippen molar-refractivity contribution in [2.24, 2.45) is 11.7 Å². The van der Waals surface area contributed by atoms with Crippen LogP contribution in [0.2, 0.25) is 0 Å². The predicted molar refractivity (Wildman–Crippen MR) is 116 cm³/mol. The molecule has 5 rings (SSSR count). The SMILES string of the molecule is NC(=O)c1csc2c1CCNC2.O=c1[nH]nc(CCC2CCC2)c2ccccc12. The zero-order chi connectivity index (χ0) is 20.2. The van der Waals surface area contributed by atoms with Crippen molar-refractivity contribution in [1.29, 1.82) is 0 Å². The van der Waals surface area contributed by atoms with Crippen LogP contribution in [0.25, 0.3) is 10.8 Å². The Morgan fingerprint density at radius 3 is 2.76 bits per heavy atom. The number of aryl methyl sites for hydroxylation is 1. The molecule has 6 nitrogen and oxygen atoms in total. The van der Waals surface area contributed by atoms with Gasteiger partial charge in [-0.2, -0.15) is 5.10 Å². The Hall–Kier alpha value is -2.51. The van der Waals surface area contributed by atoms with Gasteiger partial charge in [0.05, 0.1) is 16.6 Å². The van der Waals surface area contributed by atoms with Gasteiger partial charge in [0.1, 0.15) is 0 Å². The molecule has 29 heavy (non-hydrogen) atoms. The van der Waals surface area contributed by atoms with Crippen LogP contribution in [0.4, 0.5) is 0 Å². The van der Waals surface area contributed by atoms with Gasteiger partial charge in [0.15, 0.2) is 0 Å². The molecule has 0 unspecified atom stereocenters. The first-order valence-electron chi connectivity index (χ1n) is 10.2. The van der Waals surface area contributed by atoms with Crippen LogP contribution in [-0.2, 0) is 19.4 Å². The highest BCUT2D eigenvalue weighted by Crippen LogP contribution is 2.30. The molecule has 1 fully saturated rings. The minimum absolute atomic E-state index is 0.0898. The van der Waals surface area contributed by atoms with Crippen molar-refractivity contribution in [1.82, 2.24) is 15.5 Å². The van der Waals surface area contributed by atoms with Crippen molar-refractivity contribution >= 4 is 28.0 Å². The number of nitrogens with one attached hydrogen (secondary N) is 2. The molecule has 3 aromatic rings. The first-order chi connectivity index (χ1) is 14.1. The summed E-state index contributed by atoms with van der Waals surface area (Å²) in [6.07, 6.45) is 7.20. The number of carbonyl (C=O) groups excluding carboxylic acids is 1. The molecule has 2 aliphatic rings. The van der Waals surface area contributed by atoms with E-state index in [9.17, 15) is 9.59 Å². The van der Waals surface area contributed by atoms with Gasteiger partial charge in [-0.25, -0.2) is 5.10 Å². The molecule has 1 aliphatic heterocycles. The number of fused-ring (bicyclic) bond motifs is 2. The fourth-order valence-corrected chi connectivity index (χ4v) is 5.01. The Bertz CT molecular complexity index is 1070. The second-order valence-corrected chi connectivity index (χ2v) is 8.69. The molecule has 1 saturated carbocycles. The number of benzene rings is 1. The average molecular weight is 411 g/mol. The molecule has 3 heterocycles. The lowest BCUT2D eigenvalue weighted by molar-refractivity contribution is 0.0999. The highest BCUT2D eigenvalue weighted by atomic mass is 32.1. The van der Waals surface area contributed by atoms with Crippen molar-refractivity contribution < 1.29 is 4.79 Å². The number of rotatable bonds is 4. The fourth-order valence-electron chi connectivity index (χ4n) is 3.95. The predicted octanol–water partition coefficient (Wildman–Crippen LogP) is 3.15. The first kappa shape index (κ1) is 19.8. The molecule has 7 heteroatoms. The van der Waals surface area contributed by atoms with Crippen molar-refractivity contribution in [2.45, 2.75) is 45.1 Å². The molecule has 0 atom stereocenters. The number of nitrogens with two attached hydrogens (primary N) is 1. The number of H-pyrrole nitrogens is 1. The van der Waals surface area contributed by atoms with Gasteiger partial charge in [-0.05, 0) is 43.4 Å². The molecule has 4 N–H and O–H groups in total. The van der Waals surface area contributed by atoms with Gasteiger partial charge in [-0.3, -0.25) is 9.59 Å². The van der Waals surface area contributed by atoms with Gasteiger partial charge >= 0.3 is 0 Å². The van der Waals surface area contributed by atoms with E-state index in [4.69, 9.17) is 5.73 Å². The molecule has 0 saturated heterocycles. The van der Waals surface area contributed by atoms with Crippen LogP contribution in [0.1, 0.15) is 52.2 Å². The van der Waals surface area contributed by atoms with E-state index in [-0.39, 0.29) is 11.5 Å². The van der Waals surface area contributed by atoms with E-state index < -0.39 is 0 Å². The van der Waals surface area contributed by atoms with Crippen LogP contribution in [0, 0.1) is 5.92 Å². The molecule has 2 aromatic heterocycles. The van der Waals surface area contributed by atoms with Crippen molar-refractivity contribution in [3.05, 3.63) is 61.7 Å². The number of carbonyl (C=O) groups is 1. The van der Waals surface area contributed by atoms with E-state index in [1.807, 2.05) is 29.6 Å². The fraction of sp³-hybridized carbons (Fsp3) is 0.409.